The Morgan fingerprint density at radius 1 is 0.500 bits per heavy atom. The fourth-order valence-electron chi connectivity index (χ4n) is 2.54. The number of rotatable bonds is 19. The van der Waals surface area contributed by atoms with Gasteiger partial charge in [0.2, 0.25) is 0 Å². The molecule has 0 spiro atoms. The topological polar surface area (TPSA) is 93.1 Å². The Bertz CT molecular complexity index is 300. The van der Waals surface area contributed by atoms with E-state index in [0.29, 0.717) is 26.1 Å². The maximum absolute atomic E-state index is 11.5. The molecule has 0 rings (SSSR count). The van der Waals surface area contributed by atoms with Crippen molar-refractivity contribution in [2.45, 2.75) is 89.9 Å². The van der Waals surface area contributed by atoms with Crippen LogP contribution in [0.3, 0.4) is 0 Å². The van der Waals surface area contributed by atoms with Crippen LogP contribution in [0.4, 0.5) is 0 Å². The molecule has 0 aliphatic carbocycles. The third-order valence-electron chi connectivity index (χ3n) is 4.14. The Morgan fingerprint density at radius 2 is 0.846 bits per heavy atom. The summed E-state index contributed by atoms with van der Waals surface area (Å²) in [5, 5.41) is 17.3. The third kappa shape index (κ3) is 19.2. The number of aliphatic hydroxyl groups excluding tert-OH is 2. The van der Waals surface area contributed by atoms with Crippen LogP contribution < -0.4 is 0 Å². The lowest BCUT2D eigenvalue weighted by Gasteiger charge is -2.06. The van der Waals surface area contributed by atoms with E-state index in [1.807, 2.05) is 0 Å². The van der Waals surface area contributed by atoms with Gasteiger partial charge in [-0.3, -0.25) is 9.59 Å². The first kappa shape index (κ1) is 24.9. The maximum Gasteiger partial charge on any atom is 0.305 e. The molecule has 0 aliphatic heterocycles. The van der Waals surface area contributed by atoms with Gasteiger partial charge in [-0.2, -0.15) is 0 Å². The van der Waals surface area contributed by atoms with Crippen molar-refractivity contribution in [3.05, 3.63) is 0 Å². The summed E-state index contributed by atoms with van der Waals surface area (Å²) in [4.78, 5) is 23.0. The third-order valence-corrected chi connectivity index (χ3v) is 4.14. The van der Waals surface area contributed by atoms with Gasteiger partial charge in [0.25, 0.3) is 0 Å². The highest BCUT2D eigenvalue weighted by atomic mass is 16.5. The van der Waals surface area contributed by atoms with Gasteiger partial charge in [0.15, 0.2) is 0 Å². The van der Waals surface area contributed by atoms with Crippen molar-refractivity contribution in [3.8, 4) is 0 Å². The van der Waals surface area contributed by atoms with Gasteiger partial charge in [0.05, 0.1) is 13.2 Å². The van der Waals surface area contributed by atoms with Crippen molar-refractivity contribution in [3.63, 3.8) is 0 Å². The molecule has 0 bridgehead atoms. The van der Waals surface area contributed by atoms with Gasteiger partial charge in [-0.05, 0) is 51.4 Å². The standard InChI is InChI=1S/C20H38O6/c21-15-9-3-1-7-13-19(23)25-17-11-5-6-12-18-26-20(24)14-8-2-4-10-16-22/h21-22H,1-18H2. The minimum Gasteiger partial charge on any atom is -0.466 e. The van der Waals surface area contributed by atoms with Crippen molar-refractivity contribution in [1.29, 1.82) is 0 Å². The first-order valence-corrected chi connectivity index (χ1v) is 10.2. The van der Waals surface area contributed by atoms with Crippen molar-refractivity contribution >= 4 is 11.9 Å². The number of carbonyl (C=O) groups excluding carboxylic acids is 2. The van der Waals surface area contributed by atoms with Crippen LogP contribution >= 0.6 is 0 Å². The van der Waals surface area contributed by atoms with E-state index in [1.54, 1.807) is 0 Å². The zero-order valence-corrected chi connectivity index (χ0v) is 16.3. The van der Waals surface area contributed by atoms with Crippen molar-refractivity contribution in [2.24, 2.45) is 0 Å². The summed E-state index contributed by atoms with van der Waals surface area (Å²) < 4.78 is 10.4. The van der Waals surface area contributed by atoms with Crippen LogP contribution in [0.2, 0.25) is 0 Å². The van der Waals surface area contributed by atoms with Gasteiger partial charge >= 0.3 is 11.9 Å². The van der Waals surface area contributed by atoms with E-state index < -0.39 is 0 Å². The lowest BCUT2D eigenvalue weighted by molar-refractivity contribution is -0.145. The molecule has 0 unspecified atom stereocenters. The minimum atomic E-state index is -0.137. The van der Waals surface area contributed by atoms with Gasteiger partial charge in [0, 0.05) is 26.1 Å². The van der Waals surface area contributed by atoms with E-state index in [4.69, 9.17) is 19.7 Å². The van der Waals surface area contributed by atoms with E-state index in [0.717, 1.165) is 77.0 Å². The quantitative estimate of drug-likeness (QED) is 0.265. The van der Waals surface area contributed by atoms with Crippen molar-refractivity contribution in [2.75, 3.05) is 26.4 Å². The van der Waals surface area contributed by atoms with E-state index in [9.17, 15) is 9.59 Å². The highest BCUT2D eigenvalue weighted by molar-refractivity contribution is 5.69. The van der Waals surface area contributed by atoms with Crippen molar-refractivity contribution in [1.82, 2.24) is 0 Å². The molecule has 2 N–H and O–H groups in total. The number of aliphatic hydroxyl groups is 2. The second-order valence-electron chi connectivity index (χ2n) is 6.63. The van der Waals surface area contributed by atoms with Gasteiger partial charge in [-0.1, -0.05) is 25.7 Å². The Labute approximate surface area is 158 Å². The van der Waals surface area contributed by atoms with Crippen LogP contribution in [-0.4, -0.2) is 48.6 Å². The van der Waals surface area contributed by atoms with Gasteiger partial charge in [0.1, 0.15) is 0 Å². The Kier molecular flexibility index (Phi) is 19.3. The minimum absolute atomic E-state index is 0.137. The lowest BCUT2D eigenvalue weighted by Crippen LogP contribution is -2.07. The smallest absolute Gasteiger partial charge is 0.305 e. The molecule has 0 heterocycles. The second kappa shape index (κ2) is 20.2. The number of esters is 2. The molecular weight excluding hydrogens is 336 g/mol. The zero-order chi connectivity index (χ0) is 19.3. The number of hydrogen-bond donors (Lipinski definition) is 2. The Hall–Kier alpha value is -1.14. The molecule has 0 aromatic heterocycles. The fourth-order valence-corrected chi connectivity index (χ4v) is 2.54. The van der Waals surface area contributed by atoms with Crippen LogP contribution in [0.5, 0.6) is 0 Å². The zero-order valence-electron chi connectivity index (χ0n) is 16.3. The molecule has 0 aliphatic rings. The highest BCUT2D eigenvalue weighted by Gasteiger charge is 2.04. The molecule has 0 saturated carbocycles. The molecule has 0 aromatic rings. The Balaban J connectivity index is 3.25. The largest absolute Gasteiger partial charge is 0.466 e. The summed E-state index contributed by atoms with van der Waals surface area (Å²) in [5.41, 5.74) is 0. The van der Waals surface area contributed by atoms with E-state index >= 15 is 0 Å². The first-order valence-electron chi connectivity index (χ1n) is 10.2. The number of hydrogen-bond acceptors (Lipinski definition) is 6. The van der Waals surface area contributed by atoms with Gasteiger partial charge in [-0.15, -0.1) is 0 Å². The van der Waals surface area contributed by atoms with Crippen LogP contribution in [0.25, 0.3) is 0 Å². The number of ether oxygens (including phenoxy) is 2. The van der Waals surface area contributed by atoms with Crippen LogP contribution in [-0.2, 0) is 19.1 Å². The SMILES string of the molecule is O=C(CCCCCCO)OCCCCCCOC(=O)CCCCCCO. The lowest BCUT2D eigenvalue weighted by atomic mass is 10.1. The monoisotopic (exact) mass is 374 g/mol. The number of unbranched alkanes of at least 4 members (excludes halogenated alkanes) is 9. The molecule has 0 fully saturated rings. The summed E-state index contributed by atoms with van der Waals surface area (Å²) in [7, 11) is 0. The maximum atomic E-state index is 11.5. The fraction of sp³-hybridized carbons (Fsp3) is 0.900. The molecule has 0 aromatic carbocycles. The molecule has 6 nitrogen and oxygen atoms in total. The Morgan fingerprint density at radius 3 is 1.23 bits per heavy atom. The van der Waals surface area contributed by atoms with Crippen LogP contribution in [0.1, 0.15) is 89.9 Å². The number of carbonyl (C=O) groups is 2. The van der Waals surface area contributed by atoms with Gasteiger partial charge in [-0.25, -0.2) is 0 Å². The molecule has 0 saturated heterocycles. The average molecular weight is 375 g/mol. The summed E-state index contributed by atoms with van der Waals surface area (Å²) in [6.07, 6.45) is 11.6. The summed E-state index contributed by atoms with van der Waals surface area (Å²) in [6.45, 7) is 1.36. The highest BCUT2D eigenvalue weighted by Crippen LogP contribution is 2.07. The van der Waals surface area contributed by atoms with E-state index in [-0.39, 0.29) is 25.2 Å². The second-order valence-corrected chi connectivity index (χ2v) is 6.63. The molecule has 0 radical (unpaired) electrons. The summed E-state index contributed by atoms with van der Waals surface area (Å²) in [6, 6.07) is 0. The molecule has 26 heavy (non-hydrogen) atoms. The van der Waals surface area contributed by atoms with Crippen LogP contribution in [0.15, 0.2) is 0 Å². The van der Waals surface area contributed by atoms with Crippen LogP contribution in [0, 0.1) is 0 Å². The summed E-state index contributed by atoms with van der Waals surface area (Å²) in [5.74, 6) is -0.274. The van der Waals surface area contributed by atoms with E-state index in [2.05, 4.69) is 0 Å². The average Bonchev–Trinajstić information content (AvgIpc) is 2.63. The normalized spacial score (nSPS) is 10.7. The predicted molar refractivity (Wildman–Crippen MR) is 101 cm³/mol. The first-order chi connectivity index (χ1) is 12.7. The summed E-state index contributed by atoms with van der Waals surface area (Å²) >= 11 is 0. The molecular formula is C20H38O6. The molecule has 0 amide bonds. The van der Waals surface area contributed by atoms with Gasteiger partial charge < -0.3 is 19.7 Å². The molecule has 6 heteroatoms. The molecule has 0 atom stereocenters. The van der Waals surface area contributed by atoms with Crippen molar-refractivity contribution < 1.29 is 29.3 Å². The predicted octanol–water partition coefficient (Wildman–Crippen LogP) is 3.52. The van der Waals surface area contributed by atoms with E-state index in [1.165, 1.54) is 0 Å². The molecule has 154 valence electrons.